The Kier molecular flexibility index (Phi) is 13.2. The number of phosphoric ester groups is 1. The molecule has 0 heterocycles. The Bertz CT molecular complexity index is 547. The molecule has 6 nitrogen and oxygen atoms in total. The predicted octanol–water partition coefficient (Wildman–Crippen LogP) is 5.62. The first kappa shape index (κ1) is 24.4. The number of rotatable bonds is 13. The average Bonchev–Trinajstić information content (AvgIpc) is 2.49. The van der Waals surface area contributed by atoms with E-state index in [9.17, 15) is 14.0 Å². The Balaban J connectivity index is 4.00. The molecule has 2 atom stereocenters. The van der Waals surface area contributed by atoms with Crippen molar-refractivity contribution in [1.29, 1.82) is 0 Å². The lowest BCUT2D eigenvalue weighted by Crippen LogP contribution is -1.96. The lowest BCUT2D eigenvalue weighted by Gasteiger charge is -2.08. The van der Waals surface area contributed by atoms with Gasteiger partial charge in [-0.05, 0) is 64.4 Å². The molecule has 2 N–H and O–H groups in total. The van der Waals surface area contributed by atoms with E-state index in [1.165, 1.54) is 16.7 Å². The molecule has 0 saturated heterocycles. The van der Waals surface area contributed by atoms with Crippen molar-refractivity contribution in [2.24, 2.45) is 0 Å². The lowest BCUT2D eigenvalue weighted by atomic mass is 10.1. The maximum Gasteiger partial charge on any atom is 0.534 e. The van der Waals surface area contributed by atoms with Gasteiger partial charge in [-0.25, -0.2) is 9.09 Å². The fraction of sp³-hybridized carbons (Fsp3) is 0.647. The smallest absolute Gasteiger partial charge is 0.302 e. The highest BCUT2D eigenvalue weighted by molar-refractivity contribution is 7.48. The van der Waals surface area contributed by atoms with Gasteiger partial charge in [0.25, 0.3) is 6.35 Å². The third kappa shape index (κ3) is 16.6. The Labute approximate surface area is 152 Å². The van der Waals surface area contributed by atoms with Crippen LogP contribution >= 0.6 is 15.9 Å². The Morgan fingerprint density at radius 2 is 1.48 bits per heavy atom. The molecule has 0 aliphatic rings. The molecule has 0 saturated carbocycles. The highest BCUT2D eigenvalue weighted by atomic mass is 31.2. The van der Waals surface area contributed by atoms with E-state index in [0.717, 1.165) is 25.7 Å². The summed E-state index contributed by atoms with van der Waals surface area (Å²) in [5.74, 6) is 0. The van der Waals surface area contributed by atoms with Gasteiger partial charge in [0.05, 0.1) is 6.61 Å². The second-order valence-electron chi connectivity index (χ2n) is 6.16. The van der Waals surface area contributed by atoms with Gasteiger partial charge in [-0.1, -0.05) is 34.9 Å². The molecule has 144 valence electrons. The van der Waals surface area contributed by atoms with Crippen LogP contribution in [0.5, 0.6) is 0 Å². The van der Waals surface area contributed by atoms with E-state index in [-0.39, 0.29) is 6.61 Å². The molecule has 0 aromatic carbocycles. The quantitative estimate of drug-likeness (QED) is 0.240. The minimum atomic E-state index is -4.25. The van der Waals surface area contributed by atoms with Crippen molar-refractivity contribution >= 4 is 15.9 Å². The zero-order valence-corrected chi connectivity index (χ0v) is 17.4. The lowest BCUT2D eigenvalue weighted by molar-refractivity contribution is 0.166. The topological polar surface area (TPSA) is 93.1 Å². The molecule has 25 heavy (non-hydrogen) atoms. The first-order chi connectivity index (χ1) is 11.6. The van der Waals surface area contributed by atoms with Crippen LogP contribution in [0.25, 0.3) is 0 Å². The van der Waals surface area contributed by atoms with Gasteiger partial charge >= 0.3 is 15.9 Å². The summed E-state index contributed by atoms with van der Waals surface area (Å²) in [4.78, 5) is 17.8. The van der Waals surface area contributed by atoms with Crippen molar-refractivity contribution < 1.29 is 28.0 Å². The minimum absolute atomic E-state index is 0.0188. The normalized spacial score (nSPS) is 15.7. The van der Waals surface area contributed by atoms with Crippen molar-refractivity contribution in [2.45, 2.75) is 59.8 Å². The SMILES string of the molecule is CC(C)=CCCC(C)=CCCC(C)=CCCOP(=O)(O)OC[P+](=O)O. The molecule has 0 aliphatic heterocycles. The van der Waals surface area contributed by atoms with Crippen molar-refractivity contribution in [2.75, 3.05) is 13.0 Å². The molecule has 0 rings (SSSR count). The summed E-state index contributed by atoms with van der Waals surface area (Å²) in [6.07, 6.45) is 10.3. The second kappa shape index (κ2) is 13.6. The molecule has 0 aliphatic carbocycles. The Hall–Kier alpha value is -0.610. The van der Waals surface area contributed by atoms with Crippen molar-refractivity contribution in [3.8, 4) is 0 Å². The van der Waals surface area contributed by atoms with Crippen LogP contribution in [0.4, 0.5) is 0 Å². The highest BCUT2D eigenvalue weighted by Crippen LogP contribution is 2.45. The van der Waals surface area contributed by atoms with E-state index in [1.54, 1.807) is 0 Å². The summed E-state index contributed by atoms with van der Waals surface area (Å²) in [7, 11) is -6.86. The Morgan fingerprint density at radius 1 is 0.960 bits per heavy atom. The maximum atomic E-state index is 11.4. The molecule has 2 unspecified atom stereocenters. The molecular weight excluding hydrogens is 362 g/mol. The van der Waals surface area contributed by atoms with Gasteiger partial charge in [0.2, 0.25) is 0 Å². The predicted molar refractivity (Wildman–Crippen MR) is 102 cm³/mol. The van der Waals surface area contributed by atoms with Gasteiger partial charge in [-0.2, -0.15) is 4.89 Å². The molecule has 0 aromatic rings. The van der Waals surface area contributed by atoms with Crippen LogP contribution in [-0.2, 0) is 18.2 Å². The molecule has 0 bridgehead atoms. The fourth-order valence-electron chi connectivity index (χ4n) is 1.97. The zero-order chi connectivity index (χ0) is 19.3. The second-order valence-corrected chi connectivity index (χ2v) is 8.58. The van der Waals surface area contributed by atoms with E-state index in [2.05, 4.69) is 37.4 Å². The van der Waals surface area contributed by atoms with Gasteiger partial charge in [0, 0.05) is 0 Å². The number of hydrogen-bond donors (Lipinski definition) is 2. The summed E-state index contributed by atoms with van der Waals surface area (Å²) in [5, 5.41) is 0. The molecule has 0 fully saturated rings. The van der Waals surface area contributed by atoms with Gasteiger partial charge in [0.1, 0.15) is 0 Å². The van der Waals surface area contributed by atoms with Crippen molar-refractivity contribution in [1.82, 2.24) is 0 Å². The molecule has 0 aromatic heterocycles. The van der Waals surface area contributed by atoms with Gasteiger partial charge in [-0.3, -0.25) is 4.52 Å². The van der Waals surface area contributed by atoms with Crippen LogP contribution < -0.4 is 0 Å². The van der Waals surface area contributed by atoms with Crippen LogP contribution in [0.1, 0.15) is 59.8 Å². The van der Waals surface area contributed by atoms with Gasteiger partial charge < -0.3 is 4.89 Å². The summed E-state index contributed by atoms with van der Waals surface area (Å²) in [5.41, 5.74) is 3.91. The summed E-state index contributed by atoms with van der Waals surface area (Å²) >= 11 is 0. The minimum Gasteiger partial charge on any atom is -0.302 e. The van der Waals surface area contributed by atoms with Crippen LogP contribution in [0.15, 0.2) is 34.9 Å². The van der Waals surface area contributed by atoms with Gasteiger partial charge in [0.15, 0.2) is 0 Å². The van der Waals surface area contributed by atoms with Crippen LogP contribution in [0.2, 0.25) is 0 Å². The van der Waals surface area contributed by atoms with Gasteiger partial charge in [-0.15, -0.1) is 0 Å². The standard InChI is InChI=1S/C17H30O6P2/c1-15(2)8-5-9-16(3)10-6-11-17(4)12-7-13-22-25(20,21)23-14-24(18)19/h8,10,12H,5-7,9,11,13-14H2,1-4H3,(H-,18,19,20,21)/p+1. The maximum absolute atomic E-state index is 11.4. The van der Waals surface area contributed by atoms with E-state index in [4.69, 9.17) is 9.42 Å². The first-order valence-electron chi connectivity index (χ1n) is 8.32. The van der Waals surface area contributed by atoms with E-state index < -0.39 is 22.2 Å². The van der Waals surface area contributed by atoms with E-state index >= 15 is 0 Å². The summed E-state index contributed by atoms with van der Waals surface area (Å²) in [6, 6.07) is 0. The van der Waals surface area contributed by atoms with E-state index in [0.29, 0.717) is 6.42 Å². The monoisotopic (exact) mass is 393 g/mol. The zero-order valence-electron chi connectivity index (χ0n) is 15.6. The third-order valence-corrected chi connectivity index (χ3v) is 4.84. The number of hydrogen-bond acceptors (Lipinski definition) is 4. The number of phosphoric acid groups is 1. The first-order valence-corrected chi connectivity index (χ1v) is 11.2. The number of allylic oxidation sites excluding steroid dienone is 5. The molecule has 0 radical (unpaired) electrons. The molecule has 8 heteroatoms. The highest BCUT2D eigenvalue weighted by Gasteiger charge is 2.26. The Morgan fingerprint density at radius 3 is 2.00 bits per heavy atom. The van der Waals surface area contributed by atoms with Crippen LogP contribution in [0.3, 0.4) is 0 Å². The van der Waals surface area contributed by atoms with Crippen LogP contribution in [-0.4, -0.2) is 22.7 Å². The fourth-order valence-corrected chi connectivity index (χ4v) is 3.36. The van der Waals surface area contributed by atoms with Crippen molar-refractivity contribution in [3.05, 3.63) is 34.9 Å². The summed E-state index contributed by atoms with van der Waals surface area (Å²) in [6.45, 7) is 8.38. The molecular formula is C17H31O6P2+. The average molecular weight is 393 g/mol. The van der Waals surface area contributed by atoms with Crippen molar-refractivity contribution in [3.63, 3.8) is 0 Å². The van der Waals surface area contributed by atoms with Crippen LogP contribution in [0, 0.1) is 0 Å². The molecule has 0 spiro atoms. The van der Waals surface area contributed by atoms with E-state index in [1.807, 2.05) is 13.0 Å². The third-order valence-electron chi connectivity index (χ3n) is 3.32. The molecule has 0 amide bonds. The summed E-state index contributed by atoms with van der Waals surface area (Å²) < 4.78 is 30.9. The largest absolute Gasteiger partial charge is 0.534 e.